The van der Waals surface area contributed by atoms with Crippen molar-refractivity contribution in [2.24, 2.45) is 0 Å². The van der Waals surface area contributed by atoms with Gasteiger partial charge in [0.15, 0.2) is 0 Å². The number of nitrogens with zero attached hydrogens (tertiary/aromatic N) is 2. The smallest absolute Gasteiger partial charge is 0.0936 e. The maximum atomic E-state index is 5.72. The van der Waals surface area contributed by atoms with Crippen molar-refractivity contribution in [3.05, 3.63) is 35.9 Å². The summed E-state index contributed by atoms with van der Waals surface area (Å²) in [6, 6.07) is 10.7. The van der Waals surface area contributed by atoms with Gasteiger partial charge in [-0.05, 0) is 5.56 Å². The number of piperazine rings is 1. The van der Waals surface area contributed by atoms with Gasteiger partial charge in [-0.25, -0.2) is 0 Å². The highest BCUT2D eigenvalue weighted by atomic mass is 16.6. The highest BCUT2D eigenvalue weighted by molar-refractivity contribution is 5.14. The fourth-order valence-corrected chi connectivity index (χ4v) is 2.90. The molecule has 0 aromatic heterocycles. The van der Waals surface area contributed by atoms with Crippen LogP contribution in [0.1, 0.15) is 5.56 Å². The SMILES string of the molecule is c1ccc(CN2CCN(CC3COCCO3)CC2)cc1. The molecule has 1 aromatic carbocycles. The summed E-state index contributed by atoms with van der Waals surface area (Å²) < 4.78 is 11.2. The molecule has 20 heavy (non-hydrogen) atoms. The molecule has 0 spiro atoms. The first kappa shape index (κ1) is 14.0. The molecule has 0 saturated carbocycles. The van der Waals surface area contributed by atoms with Crippen LogP contribution >= 0.6 is 0 Å². The quantitative estimate of drug-likeness (QED) is 0.825. The average Bonchev–Trinajstić information content (AvgIpc) is 2.51. The minimum Gasteiger partial charge on any atom is -0.376 e. The Morgan fingerprint density at radius 1 is 0.950 bits per heavy atom. The number of rotatable bonds is 4. The highest BCUT2D eigenvalue weighted by Gasteiger charge is 2.22. The van der Waals surface area contributed by atoms with Crippen LogP contribution in [0, 0.1) is 0 Å². The van der Waals surface area contributed by atoms with Crippen LogP contribution in [0.5, 0.6) is 0 Å². The van der Waals surface area contributed by atoms with Crippen molar-refractivity contribution in [2.45, 2.75) is 12.6 Å². The predicted molar refractivity (Wildman–Crippen MR) is 78.7 cm³/mol. The van der Waals surface area contributed by atoms with Crippen LogP contribution in [0.3, 0.4) is 0 Å². The fourth-order valence-electron chi connectivity index (χ4n) is 2.90. The minimum absolute atomic E-state index is 0.268. The minimum atomic E-state index is 0.268. The van der Waals surface area contributed by atoms with Crippen molar-refractivity contribution in [1.29, 1.82) is 0 Å². The van der Waals surface area contributed by atoms with E-state index in [1.807, 2.05) is 0 Å². The van der Waals surface area contributed by atoms with E-state index in [4.69, 9.17) is 9.47 Å². The first-order chi connectivity index (χ1) is 9.90. The molecule has 2 aliphatic rings. The second-order valence-electron chi connectivity index (χ2n) is 5.63. The van der Waals surface area contributed by atoms with Gasteiger partial charge in [-0.1, -0.05) is 30.3 Å². The summed E-state index contributed by atoms with van der Waals surface area (Å²) in [5.41, 5.74) is 1.41. The molecule has 1 atom stereocenters. The van der Waals surface area contributed by atoms with Crippen molar-refractivity contribution in [3.63, 3.8) is 0 Å². The van der Waals surface area contributed by atoms with Crippen LogP contribution in [0.4, 0.5) is 0 Å². The Kier molecular flexibility index (Phi) is 5.03. The molecule has 4 nitrogen and oxygen atoms in total. The monoisotopic (exact) mass is 276 g/mol. The van der Waals surface area contributed by atoms with Gasteiger partial charge in [0.25, 0.3) is 0 Å². The zero-order chi connectivity index (χ0) is 13.6. The summed E-state index contributed by atoms with van der Waals surface area (Å²) in [5.74, 6) is 0. The lowest BCUT2D eigenvalue weighted by Gasteiger charge is -2.37. The summed E-state index contributed by atoms with van der Waals surface area (Å²) in [6.45, 7) is 8.88. The first-order valence-corrected chi connectivity index (χ1v) is 7.58. The Morgan fingerprint density at radius 2 is 1.70 bits per heavy atom. The Balaban J connectivity index is 1.40. The van der Waals surface area contributed by atoms with Gasteiger partial charge < -0.3 is 9.47 Å². The molecule has 2 heterocycles. The lowest BCUT2D eigenvalue weighted by Crippen LogP contribution is -2.49. The van der Waals surface area contributed by atoms with E-state index in [-0.39, 0.29) is 6.10 Å². The van der Waals surface area contributed by atoms with Gasteiger partial charge >= 0.3 is 0 Å². The predicted octanol–water partition coefficient (Wildman–Crippen LogP) is 1.22. The third kappa shape index (κ3) is 4.03. The van der Waals surface area contributed by atoms with Crippen LogP contribution in [0.15, 0.2) is 30.3 Å². The van der Waals surface area contributed by atoms with Crippen LogP contribution in [-0.2, 0) is 16.0 Å². The van der Waals surface area contributed by atoms with Gasteiger partial charge in [-0.2, -0.15) is 0 Å². The van der Waals surface area contributed by atoms with Crippen molar-refractivity contribution in [1.82, 2.24) is 9.80 Å². The summed E-state index contributed by atoms with van der Waals surface area (Å²) in [7, 11) is 0. The number of ether oxygens (including phenoxy) is 2. The molecule has 0 bridgehead atoms. The molecule has 0 amide bonds. The molecule has 2 fully saturated rings. The van der Waals surface area contributed by atoms with E-state index in [0.717, 1.165) is 59.1 Å². The molecule has 3 rings (SSSR count). The van der Waals surface area contributed by atoms with Gasteiger partial charge in [0, 0.05) is 39.3 Å². The summed E-state index contributed by atoms with van der Waals surface area (Å²) in [5, 5.41) is 0. The molecule has 0 aliphatic carbocycles. The van der Waals surface area contributed by atoms with Crippen molar-refractivity contribution < 1.29 is 9.47 Å². The van der Waals surface area contributed by atoms with E-state index in [1.54, 1.807) is 0 Å². The molecule has 2 aliphatic heterocycles. The number of hydrogen-bond acceptors (Lipinski definition) is 4. The lowest BCUT2D eigenvalue weighted by atomic mass is 10.2. The van der Waals surface area contributed by atoms with E-state index in [1.165, 1.54) is 5.56 Å². The van der Waals surface area contributed by atoms with E-state index in [2.05, 4.69) is 40.1 Å². The molecular formula is C16H24N2O2. The molecule has 0 radical (unpaired) electrons. The van der Waals surface area contributed by atoms with E-state index in [9.17, 15) is 0 Å². The second-order valence-corrected chi connectivity index (χ2v) is 5.63. The Morgan fingerprint density at radius 3 is 2.40 bits per heavy atom. The Labute approximate surface area is 121 Å². The lowest BCUT2D eigenvalue weighted by molar-refractivity contribution is -0.1000. The molecule has 1 unspecified atom stereocenters. The fraction of sp³-hybridized carbons (Fsp3) is 0.625. The number of benzene rings is 1. The first-order valence-electron chi connectivity index (χ1n) is 7.58. The van der Waals surface area contributed by atoms with Gasteiger partial charge in [-0.15, -0.1) is 0 Å². The topological polar surface area (TPSA) is 24.9 Å². The van der Waals surface area contributed by atoms with E-state index < -0.39 is 0 Å². The molecular weight excluding hydrogens is 252 g/mol. The van der Waals surface area contributed by atoms with Gasteiger partial charge in [0.1, 0.15) is 0 Å². The summed E-state index contributed by atoms with van der Waals surface area (Å²) >= 11 is 0. The molecule has 1 aromatic rings. The van der Waals surface area contributed by atoms with Gasteiger partial charge in [0.05, 0.1) is 25.9 Å². The molecule has 4 heteroatoms. The van der Waals surface area contributed by atoms with E-state index in [0.29, 0.717) is 0 Å². The van der Waals surface area contributed by atoms with Crippen molar-refractivity contribution in [2.75, 3.05) is 52.5 Å². The summed E-state index contributed by atoms with van der Waals surface area (Å²) in [6.07, 6.45) is 0.268. The van der Waals surface area contributed by atoms with E-state index >= 15 is 0 Å². The third-order valence-electron chi connectivity index (χ3n) is 4.06. The maximum absolute atomic E-state index is 5.72. The van der Waals surface area contributed by atoms with Gasteiger partial charge in [-0.3, -0.25) is 9.80 Å². The normalized spacial score (nSPS) is 25.7. The van der Waals surface area contributed by atoms with Crippen LogP contribution in [0.2, 0.25) is 0 Å². The largest absolute Gasteiger partial charge is 0.376 e. The summed E-state index contributed by atoms with van der Waals surface area (Å²) in [4.78, 5) is 5.03. The van der Waals surface area contributed by atoms with Crippen LogP contribution in [-0.4, -0.2) is 68.4 Å². The zero-order valence-corrected chi connectivity index (χ0v) is 12.0. The Bertz CT molecular complexity index is 385. The third-order valence-corrected chi connectivity index (χ3v) is 4.06. The molecule has 2 saturated heterocycles. The number of hydrogen-bond donors (Lipinski definition) is 0. The van der Waals surface area contributed by atoms with Gasteiger partial charge in [0.2, 0.25) is 0 Å². The zero-order valence-electron chi connectivity index (χ0n) is 12.0. The molecule has 110 valence electrons. The second kappa shape index (κ2) is 7.18. The average molecular weight is 276 g/mol. The van der Waals surface area contributed by atoms with Crippen molar-refractivity contribution >= 4 is 0 Å². The van der Waals surface area contributed by atoms with Crippen LogP contribution < -0.4 is 0 Å². The Hall–Kier alpha value is -0.940. The highest BCUT2D eigenvalue weighted by Crippen LogP contribution is 2.10. The molecule has 0 N–H and O–H groups in total. The standard InChI is InChI=1S/C16H24N2O2/c1-2-4-15(5-3-1)12-17-6-8-18(9-7-17)13-16-14-19-10-11-20-16/h1-5,16H,6-14H2. The van der Waals surface area contributed by atoms with Crippen molar-refractivity contribution in [3.8, 4) is 0 Å². The maximum Gasteiger partial charge on any atom is 0.0936 e. The van der Waals surface area contributed by atoms with Crippen LogP contribution in [0.25, 0.3) is 0 Å².